The highest BCUT2D eigenvalue weighted by atomic mass is 16.5. The van der Waals surface area contributed by atoms with Crippen LogP contribution in [-0.4, -0.2) is 19.3 Å². The predicted molar refractivity (Wildman–Crippen MR) is 85.0 cm³/mol. The summed E-state index contributed by atoms with van der Waals surface area (Å²) in [5.74, 6) is 7.53. The second kappa shape index (κ2) is 7.25. The van der Waals surface area contributed by atoms with Crippen molar-refractivity contribution in [3.8, 4) is 5.75 Å². The number of hydrogen-bond acceptors (Lipinski definition) is 4. The molecule has 4 heteroatoms. The molecule has 0 aromatic heterocycles. The molecule has 0 amide bonds. The maximum atomic E-state index is 5.95. The predicted octanol–water partition coefficient (Wildman–Crippen LogP) is 3.19. The Hall–Kier alpha value is -1.10. The first-order chi connectivity index (χ1) is 10.1. The first kappa shape index (κ1) is 16.3. The molecule has 0 saturated heterocycles. The van der Waals surface area contributed by atoms with Gasteiger partial charge in [0.15, 0.2) is 0 Å². The zero-order valence-corrected chi connectivity index (χ0v) is 13.4. The quantitative estimate of drug-likeness (QED) is 0.624. The number of rotatable bonds is 6. The van der Waals surface area contributed by atoms with E-state index in [1.54, 1.807) is 7.11 Å². The molecule has 21 heavy (non-hydrogen) atoms. The van der Waals surface area contributed by atoms with Gasteiger partial charge in [0, 0.05) is 7.11 Å². The van der Waals surface area contributed by atoms with Gasteiger partial charge in [-0.1, -0.05) is 19.1 Å². The molecule has 0 heterocycles. The summed E-state index contributed by atoms with van der Waals surface area (Å²) >= 11 is 0. The minimum absolute atomic E-state index is 0.0181. The second-order valence-electron chi connectivity index (χ2n) is 6.06. The monoisotopic (exact) mass is 292 g/mol. The summed E-state index contributed by atoms with van der Waals surface area (Å²) in [4.78, 5) is 0. The summed E-state index contributed by atoms with van der Waals surface area (Å²) < 4.78 is 11.6. The second-order valence-corrected chi connectivity index (χ2v) is 6.06. The van der Waals surface area contributed by atoms with Gasteiger partial charge in [0.05, 0.1) is 18.2 Å². The molecule has 1 fully saturated rings. The Balaban J connectivity index is 2.26. The maximum Gasteiger partial charge on any atom is 0.119 e. The summed E-state index contributed by atoms with van der Waals surface area (Å²) in [7, 11) is 1.80. The minimum Gasteiger partial charge on any atom is -0.494 e. The van der Waals surface area contributed by atoms with Gasteiger partial charge in [-0.25, -0.2) is 0 Å². The molecule has 0 spiro atoms. The molecule has 0 radical (unpaired) electrons. The van der Waals surface area contributed by atoms with Crippen LogP contribution in [0, 0.1) is 5.92 Å². The molecule has 1 unspecified atom stereocenters. The normalized spacial score (nSPS) is 27.3. The zero-order chi connectivity index (χ0) is 15.3. The summed E-state index contributed by atoms with van der Waals surface area (Å²) in [6.07, 6.45) is 4.41. The molecule has 1 aliphatic rings. The summed E-state index contributed by atoms with van der Waals surface area (Å²) in [6, 6.07) is 8.12. The highest BCUT2D eigenvalue weighted by Gasteiger charge is 2.42. The van der Waals surface area contributed by atoms with Crippen molar-refractivity contribution in [3.05, 3.63) is 29.8 Å². The lowest BCUT2D eigenvalue weighted by atomic mass is 9.73. The molecule has 2 rings (SSSR count). The highest BCUT2D eigenvalue weighted by Crippen LogP contribution is 2.43. The molecule has 4 nitrogen and oxygen atoms in total. The van der Waals surface area contributed by atoms with Crippen LogP contribution in [0.4, 0.5) is 0 Å². The Morgan fingerprint density at radius 3 is 2.67 bits per heavy atom. The fourth-order valence-corrected chi connectivity index (χ4v) is 3.36. The van der Waals surface area contributed by atoms with Crippen LogP contribution in [0.2, 0.25) is 0 Å². The van der Waals surface area contributed by atoms with Crippen molar-refractivity contribution in [2.24, 2.45) is 11.8 Å². The molecule has 1 atom stereocenters. The van der Waals surface area contributed by atoms with E-state index in [0.717, 1.165) is 30.1 Å². The van der Waals surface area contributed by atoms with Crippen molar-refractivity contribution in [1.29, 1.82) is 0 Å². The maximum absolute atomic E-state index is 5.95. The molecule has 0 aliphatic heterocycles. The summed E-state index contributed by atoms with van der Waals surface area (Å²) in [6.45, 7) is 4.96. The number of hydrogen-bond donors (Lipinski definition) is 2. The first-order valence-corrected chi connectivity index (χ1v) is 7.89. The number of nitrogens with two attached hydrogens (primary N) is 1. The Bertz CT molecular complexity index is 442. The average molecular weight is 292 g/mol. The topological polar surface area (TPSA) is 56.5 Å². The third-order valence-corrected chi connectivity index (χ3v) is 4.72. The van der Waals surface area contributed by atoms with E-state index in [9.17, 15) is 0 Å². The van der Waals surface area contributed by atoms with E-state index in [0.29, 0.717) is 6.61 Å². The smallest absolute Gasteiger partial charge is 0.119 e. The van der Waals surface area contributed by atoms with Crippen LogP contribution in [-0.2, 0) is 4.74 Å². The van der Waals surface area contributed by atoms with Crippen LogP contribution in [0.15, 0.2) is 24.3 Å². The van der Waals surface area contributed by atoms with Gasteiger partial charge in [-0.2, -0.15) is 0 Å². The number of nitrogens with one attached hydrogen (secondary N) is 1. The van der Waals surface area contributed by atoms with E-state index in [2.05, 4.69) is 24.5 Å². The Morgan fingerprint density at radius 1 is 1.38 bits per heavy atom. The van der Waals surface area contributed by atoms with Gasteiger partial charge in [0.25, 0.3) is 0 Å². The summed E-state index contributed by atoms with van der Waals surface area (Å²) in [5.41, 5.74) is 3.88. The van der Waals surface area contributed by atoms with Crippen molar-refractivity contribution >= 4 is 0 Å². The van der Waals surface area contributed by atoms with E-state index >= 15 is 0 Å². The van der Waals surface area contributed by atoms with Gasteiger partial charge in [-0.05, 0) is 56.2 Å². The molecule has 1 saturated carbocycles. The van der Waals surface area contributed by atoms with Gasteiger partial charge in [0.1, 0.15) is 5.75 Å². The third-order valence-electron chi connectivity index (χ3n) is 4.72. The van der Waals surface area contributed by atoms with Crippen LogP contribution >= 0.6 is 0 Å². The molecule has 3 N–H and O–H groups in total. The minimum atomic E-state index is -0.230. The molecule has 1 aromatic rings. The van der Waals surface area contributed by atoms with Crippen LogP contribution in [0.5, 0.6) is 5.75 Å². The summed E-state index contributed by atoms with van der Waals surface area (Å²) in [5, 5.41) is 0. The van der Waals surface area contributed by atoms with Gasteiger partial charge >= 0.3 is 0 Å². The lowest BCUT2D eigenvalue weighted by molar-refractivity contribution is -0.0761. The van der Waals surface area contributed by atoms with Crippen molar-refractivity contribution in [3.63, 3.8) is 0 Å². The van der Waals surface area contributed by atoms with Crippen LogP contribution in [0.1, 0.15) is 51.1 Å². The largest absolute Gasteiger partial charge is 0.494 e. The molecule has 1 aliphatic carbocycles. The zero-order valence-electron chi connectivity index (χ0n) is 13.4. The molecule has 118 valence electrons. The number of benzene rings is 1. The van der Waals surface area contributed by atoms with Crippen LogP contribution in [0.3, 0.4) is 0 Å². The van der Waals surface area contributed by atoms with Gasteiger partial charge in [-0.15, -0.1) is 0 Å². The van der Waals surface area contributed by atoms with Gasteiger partial charge < -0.3 is 9.47 Å². The Kier molecular flexibility index (Phi) is 5.62. The number of ether oxygens (including phenoxy) is 2. The van der Waals surface area contributed by atoms with Crippen LogP contribution < -0.4 is 16.0 Å². The van der Waals surface area contributed by atoms with E-state index in [-0.39, 0.29) is 11.6 Å². The first-order valence-electron chi connectivity index (χ1n) is 7.89. The standard InChI is InChI=1S/C17H28N2O2/c1-4-21-15-7-5-6-14(12-15)16(19-18)17(20-3)10-8-13(2)9-11-17/h5-7,12-13,16,19H,4,8-11,18H2,1-3H3. The van der Waals surface area contributed by atoms with Crippen molar-refractivity contribution in [1.82, 2.24) is 5.43 Å². The third kappa shape index (κ3) is 3.57. The molecule has 1 aromatic carbocycles. The van der Waals surface area contributed by atoms with E-state index in [1.807, 2.05) is 19.1 Å². The highest BCUT2D eigenvalue weighted by molar-refractivity contribution is 5.32. The Labute approximate surface area is 128 Å². The van der Waals surface area contributed by atoms with Gasteiger partial charge in [0.2, 0.25) is 0 Å². The number of methoxy groups -OCH3 is 1. The van der Waals surface area contributed by atoms with Gasteiger partial charge in [-0.3, -0.25) is 11.3 Å². The molecular weight excluding hydrogens is 264 g/mol. The van der Waals surface area contributed by atoms with E-state index in [4.69, 9.17) is 15.3 Å². The molecular formula is C17H28N2O2. The fourth-order valence-electron chi connectivity index (χ4n) is 3.36. The van der Waals surface area contributed by atoms with Crippen LogP contribution in [0.25, 0.3) is 0 Å². The van der Waals surface area contributed by atoms with Crippen molar-refractivity contribution in [2.45, 2.75) is 51.2 Å². The average Bonchev–Trinajstić information content (AvgIpc) is 2.51. The van der Waals surface area contributed by atoms with Crippen molar-refractivity contribution < 1.29 is 9.47 Å². The number of hydrazine groups is 1. The lowest BCUT2D eigenvalue weighted by Gasteiger charge is -2.44. The molecule has 0 bridgehead atoms. The van der Waals surface area contributed by atoms with E-state index < -0.39 is 0 Å². The fraction of sp³-hybridized carbons (Fsp3) is 0.647. The Morgan fingerprint density at radius 2 is 2.10 bits per heavy atom. The SMILES string of the molecule is CCOc1cccc(C(NN)C2(OC)CCC(C)CC2)c1. The van der Waals surface area contributed by atoms with Crippen molar-refractivity contribution in [2.75, 3.05) is 13.7 Å². The van der Waals surface area contributed by atoms with E-state index in [1.165, 1.54) is 12.8 Å². The lowest BCUT2D eigenvalue weighted by Crippen LogP contribution is -2.49.